The molecule has 0 saturated heterocycles. The number of halogens is 2. The van der Waals surface area contributed by atoms with Gasteiger partial charge in [0.25, 0.3) is 0 Å². The molecule has 0 saturated carbocycles. The molecule has 0 aromatic heterocycles. The van der Waals surface area contributed by atoms with Gasteiger partial charge in [-0.2, -0.15) is 0 Å². The molecular weight excluding hydrogens is 277 g/mol. The molecule has 0 aliphatic carbocycles. The first-order valence-electron chi connectivity index (χ1n) is 6.88. The van der Waals surface area contributed by atoms with E-state index in [0.717, 1.165) is 42.4 Å². The number of nitrogens with zero attached hydrogens (tertiary/aromatic N) is 1. The highest BCUT2D eigenvalue weighted by Crippen LogP contribution is 2.21. The van der Waals surface area contributed by atoms with Gasteiger partial charge in [-0.15, -0.1) is 0 Å². The molecule has 0 aliphatic rings. The van der Waals surface area contributed by atoms with Crippen molar-refractivity contribution in [1.29, 1.82) is 0 Å². The number of aliphatic imine (C=N–C) groups is 1. The van der Waals surface area contributed by atoms with Gasteiger partial charge < -0.3 is 0 Å². The lowest BCUT2D eigenvalue weighted by atomic mass is 10.0. The van der Waals surface area contributed by atoms with Gasteiger partial charge in [-0.3, -0.25) is 0 Å². The number of allylic oxidation sites excluding steroid dienone is 5. The average molecular weight is 302 g/mol. The Morgan fingerprint density at radius 2 is 1.47 bits per heavy atom. The van der Waals surface area contributed by atoms with Gasteiger partial charge in [0.2, 0.25) is 0 Å². The Bertz CT molecular complexity index is 397. The molecule has 0 heterocycles. The van der Waals surface area contributed by atoms with Gasteiger partial charge in [0.1, 0.15) is 10.3 Å². The summed E-state index contributed by atoms with van der Waals surface area (Å²) in [6.45, 7) is 10.4. The van der Waals surface area contributed by atoms with Crippen molar-refractivity contribution in [2.45, 2.75) is 60.3 Å². The number of rotatable bonds is 7. The zero-order chi connectivity index (χ0) is 14.8. The summed E-state index contributed by atoms with van der Waals surface area (Å²) < 4.78 is 0. The summed E-state index contributed by atoms with van der Waals surface area (Å²) in [5.74, 6) is 0. The van der Waals surface area contributed by atoms with E-state index in [2.05, 4.69) is 31.8 Å². The van der Waals surface area contributed by atoms with E-state index in [4.69, 9.17) is 23.2 Å². The van der Waals surface area contributed by atoms with Crippen LogP contribution >= 0.6 is 23.2 Å². The summed E-state index contributed by atoms with van der Waals surface area (Å²) in [5, 5.41) is 0.941. The standard InChI is InChI=1S/C16H25Cl2N/c1-6-8-10-13(5)15(12(3)4)16(18)19-14(17)11-9-7-2/h10-11H,6-9H2,1-5H3/b13-10-,14-11+,19-16?. The first kappa shape index (κ1) is 18.5. The lowest BCUT2D eigenvalue weighted by Crippen LogP contribution is -1.99. The van der Waals surface area contributed by atoms with Crippen LogP contribution in [0.2, 0.25) is 0 Å². The third-order valence-corrected chi connectivity index (χ3v) is 3.16. The number of hydrogen-bond donors (Lipinski definition) is 0. The number of unbranched alkanes of at least 4 members (excludes halogenated alkanes) is 2. The third-order valence-electron chi connectivity index (χ3n) is 2.65. The first-order valence-corrected chi connectivity index (χ1v) is 7.64. The second kappa shape index (κ2) is 10.3. The number of hydrogen-bond acceptors (Lipinski definition) is 1. The van der Waals surface area contributed by atoms with Crippen LogP contribution in [0.4, 0.5) is 0 Å². The second-order valence-electron chi connectivity index (χ2n) is 4.77. The van der Waals surface area contributed by atoms with Crippen molar-refractivity contribution in [3.63, 3.8) is 0 Å². The minimum Gasteiger partial charge on any atom is -0.224 e. The predicted octanol–water partition coefficient (Wildman–Crippen LogP) is 6.59. The molecule has 0 unspecified atom stereocenters. The van der Waals surface area contributed by atoms with E-state index >= 15 is 0 Å². The van der Waals surface area contributed by atoms with Crippen molar-refractivity contribution in [1.82, 2.24) is 0 Å². The van der Waals surface area contributed by atoms with Crippen molar-refractivity contribution in [2.75, 3.05) is 0 Å². The quantitative estimate of drug-likeness (QED) is 0.286. The van der Waals surface area contributed by atoms with Gasteiger partial charge >= 0.3 is 0 Å². The zero-order valence-corrected chi connectivity index (χ0v) is 14.2. The van der Waals surface area contributed by atoms with Gasteiger partial charge in [-0.1, -0.05) is 61.5 Å². The molecule has 0 aromatic rings. The normalized spacial score (nSPS) is 13.7. The fourth-order valence-electron chi connectivity index (χ4n) is 1.68. The van der Waals surface area contributed by atoms with Crippen molar-refractivity contribution in [3.05, 3.63) is 34.0 Å². The van der Waals surface area contributed by atoms with E-state index in [1.165, 1.54) is 0 Å². The Morgan fingerprint density at radius 1 is 0.947 bits per heavy atom. The van der Waals surface area contributed by atoms with Crippen LogP contribution in [0, 0.1) is 0 Å². The van der Waals surface area contributed by atoms with Gasteiger partial charge in [0.05, 0.1) is 0 Å². The lowest BCUT2D eigenvalue weighted by molar-refractivity contribution is 0.950. The van der Waals surface area contributed by atoms with Crippen molar-refractivity contribution < 1.29 is 0 Å². The minimum absolute atomic E-state index is 0.467. The summed E-state index contributed by atoms with van der Waals surface area (Å²) in [6.07, 6.45) is 8.24. The fourth-order valence-corrected chi connectivity index (χ4v) is 2.35. The molecule has 0 amide bonds. The van der Waals surface area contributed by atoms with Crippen LogP contribution in [0.1, 0.15) is 60.3 Å². The molecule has 1 nitrogen and oxygen atoms in total. The summed E-state index contributed by atoms with van der Waals surface area (Å²) in [7, 11) is 0. The molecule has 0 atom stereocenters. The molecule has 0 aliphatic heterocycles. The van der Waals surface area contributed by atoms with Gasteiger partial charge in [0.15, 0.2) is 0 Å². The van der Waals surface area contributed by atoms with Gasteiger partial charge in [-0.05, 0) is 45.3 Å². The van der Waals surface area contributed by atoms with Crippen LogP contribution in [-0.4, -0.2) is 5.17 Å². The van der Waals surface area contributed by atoms with E-state index in [0.29, 0.717) is 10.3 Å². The van der Waals surface area contributed by atoms with E-state index in [1.54, 1.807) is 0 Å². The first-order chi connectivity index (χ1) is 8.93. The van der Waals surface area contributed by atoms with Crippen LogP contribution in [0.3, 0.4) is 0 Å². The molecule has 0 aromatic carbocycles. The van der Waals surface area contributed by atoms with E-state index in [9.17, 15) is 0 Å². The van der Waals surface area contributed by atoms with Crippen LogP contribution in [0.5, 0.6) is 0 Å². The molecule has 0 fully saturated rings. The van der Waals surface area contributed by atoms with Gasteiger partial charge in [-0.25, -0.2) is 4.99 Å². The topological polar surface area (TPSA) is 12.4 Å². The Hall–Kier alpha value is -0.530. The highest BCUT2D eigenvalue weighted by Gasteiger charge is 2.09. The maximum Gasteiger partial charge on any atom is 0.138 e. The highest BCUT2D eigenvalue weighted by molar-refractivity contribution is 6.70. The van der Waals surface area contributed by atoms with Crippen LogP contribution in [0.25, 0.3) is 0 Å². The molecule has 0 bridgehead atoms. The fraction of sp³-hybridized carbons (Fsp3) is 0.562. The molecule has 19 heavy (non-hydrogen) atoms. The predicted molar refractivity (Wildman–Crippen MR) is 89.2 cm³/mol. The van der Waals surface area contributed by atoms with Crippen molar-refractivity contribution in [3.8, 4) is 0 Å². The van der Waals surface area contributed by atoms with Crippen LogP contribution < -0.4 is 0 Å². The van der Waals surface area contributed by atoms with E-state index < -0.39 is 0 Å². The smallest absolute Gasteiger partial charge is 0.138 e. The Balaban J connectivity index is 5.23. The molecule has 108 valence electrons. The third kappa shape index (κ3) is 7.59. The second-order valence-corrected chi connectivity index (χ2v) is 5.51. The van der Waals surface area contributed by atoms with E-state index in [-0.39, 0.29) is 0 Å². The van der Waals surface area contributed by atoms with Gasteiger partial charge in [0, 0.05) is 5.57 Å². The molecular formula is C16H25Cl2N. The average Bonchev–Trinajstić information content (AvgIpc) is 2.33. The Kier molecular flexibility index (Phi) is 9.99. The molecule has 0 radical (unpaired) electrons. The van der Waals surface area contributed by atoms with E-state index in [1.807, 2.05) is 19.9 Å². The monoisotopic (exact) mass is 301 g/mol. The maximum atomic E-state index is 6.32. The molecule has 3 heteroatoms. The molecule has 0 N–H and O–H groups in total. The Morgan fingerprint density at radius 3 is 1.95 bits per heavy atom. The summed E-state index contributed by atoms with van der Waals surface area (Å²) >= 11 is 12.4. The van der Waals surface area contributed by atoms with Crippen LogP contribution in [-0.2, 0) is 0 Å². The molecule has 0 rings (SSSR count). The largest absolute Gasteiger partial charge is 0.224 e. The van der Waals surface area contributed by atoms with Crippen molar-refractivity contribution >= 4 is 28.4 Å². The maximum absolute atomic E-state index is 6.32. The summed E-state index contributed by atoms with van der Waals surface area (Å²) in [5.41, 5.74) is 3.31. The molecule has 0 spiro atoms. The Labute approximate surface area is 128 Å². The lowest BCUT2D eigenvalue weighted by Gasteiger charge is -2.09. The highest BCUT2D eigenvalue weighted by atomic mass is 35.5. The minimum atomic E-state index is 0.467. The van der Waals surface area contributed by atoms with Crippen molar-refractivity contribution in [2.24, 2.45) is 4.99 Å². The SMILES string of the molecule is CCC/C=C(\Cl)N=C(Cl)C(=C(C)C)/C(C)=C\CCC. The summed E-state index contributed by atoms with van der Waals surface area (Å²) in [4.78, 5) is 4.28. The van der Waals surface area contributed by atoms with Crippen LogP contribution in [0.15, 0.2) is 39.0 Å². The zero-order valence-electron chi connectivity index (χ0n) is 12.7. The summed E-state index contributed by atoms with van der Waals surface area (Å²) in [6, 6.07) is 0.